The van der Waals surface area contributed by atoms with Gasteiger partial charge in [0, 0.05) is 44.3 Å². The molecular weight excluding hydrogens is 264 g/mol. The summed E-state index contributed by atoms with van der Waals surface area (Å²) >= 11 is 0. The standard InChI is InChI=1S/C16H26N4O/c1-16(2,3)20-9-7-19(8-10-20)14-6-5-12(11-13(14)17)15(21)18-4/h5-6,11H,7-10,17H2,1-4H3,(H,18,21). The molecule has 1 aliphatic rings. The molecule has 1 heterocycles. The van der Waals surface area contributed by atoms with E-state index >= 15 is 0 Å². The van der Waals surface area contributed by atoms with Crippen molar-refractivity contribution >= 4 is 17.3 Å². The minimum atomic E-state index is -0.106. The molecule has 1 saturated heterocycles. The van der Waals surface area contributed by atoms with Gasteiger partial charge in [-0.3, -0.25) is 9.69 Å². The molecule has 3 N–H and O–H groups in total. The number of piperazine rings is 1. The first-order valence-corrected chi connectivity index (χ1v) is 7.44. The molecule has 5 heteroatoms. The van der Waals surface area contributed by atoms with Gasteiger partial charge in [-0.15, -0.1) is 0 Å². The number of carbonyl (C=O) groups is 1. The van der Waals surface area contributed by atoms with Crippen molar-refractivity contribution in [3.8, 4) is 0 Å². The molecule has 5 nitrogen and oxygen atoms in total. The SMILES string of the molecule is CNC(=O)c1ccc(N2CCN(C(C)(C)C)CC2)c(N)c1. The number of nitrogens with two attached hydrogens (primary N) is 1. The quantitative estimate of drug-likeness (QED) is 0.811. The molecule has 0 saturated carbocycles. The van der Waals surface area contributed by atoms with Crippen LogP contribution in [0.4, 0.5) is 11.4 Å². The summed E-state index contributed by atoms with van der Waals surface area (Å²) in [6.45, 7) is 10.7. The highest BCUT2D eigenvalue weighted by molar-refractivity contribution is 5.96. The zero-order chi connectivity index (χ0) is 15.6. The van der Waals surface area contributed by atoms with Gasteiger partial charge in [-0.25, -0.2) is 0 Å². The van der Waals surface area contributed by atoms with Crippen molar-refractivity contribution in [3.63, 3.8) is 0 Å². The predicted octanol–water partition coefficient (Wildman–Crippen LogP) is 1.55. The molecule has 0 atom stereocenters. The number of hydrogen-bond acceptors (Lipinski definition) is 4. The zero-order valence-corrected chi connectivity index (χ0v) is 13.4. The lowest BCUT2D eigenvalue weighted by molar-refractivity contribution is 0.0963. The number of anilines is 2. The van der Waals surface area contributed by atoms with E-state index in [2.05, 4.69) is 35.9 Å². The highest BCUT2D eigenvalue weighted by Gasteiger charge is 2.26. The van der Waals surface area contributed by atoms with Gasteiger partial charge >= 0.3 is 0 Å². The molecule has 2 rings (SSSR count). The third-order valence-electron chi connectivity index (χ3n) is 4.09. The van der Waals surface area contributed by atoms with E-state index in [1.165, 1.54) is 0 Å². The van der Waals surface area contributed by atoms with E-state index in [0.29, 0.717) is 11.3 Å². The lowest BCUT2D eigenvalue weighted by Gasteiger charge is -2.43. The summed E-state index contributed by atoms with van der Waals surface area (Å²) in [5, 5.41) is 2.62. The maximum absolute atomic E-state index is 11.6. The smallest absolute Gasteiger partial charge is 0.251 e. The topological polar surface area (TPSA) is 61.6 Å². The van der Waals surface area contributed by atoms with Crippen LogP contribution in [-0.2, 0) is 0 Å². The van der Waals surface area contributed by atoms with Crippen LogP contribution in [0.25, 0.3) is 0 Å². The van der Waals surface area contributed by atoms with Crippen LogP contribution in [0.1, 0.15) is 31.1 Å². The first-order chi connectivity index (χ1) is 9.82. The van der Waals surface area contributed by atoms with Crippen LogP contribution >= 0.6 is 0 Å². The molecule has 1 fully saturated rings. The Bertz CT molecular complexity index is 513. The van der Waals surface area contributed by atoms with Gasteiger partial charge in [0.25, 0.3) is 5.91 Å². The lowest BCUT2D eigenvalue weighted by atomic mass is 10.0. The van der Waals surface area contributed by atoms with Gasteiger partial charge in [0.2, 0.25) is 0 Å². The van der Waals surface area contributed by atoms with Crippen molar-refractivity contribution in [3.05, 3.63) is 23.8 Å². The molecule has 0 bridgehead atoms. The van der Waals surface area contributed by atoms with Crippen molar-refractivity contribution in [1.29, 1.82) is 0 Å². The minimum absolute atomic E-state index is 0.106. The second-order valence-corrected chi connectivity index (χ2v) is 6.50. The van der Waals surface area contributed by atoms with Gasteiger partial charge in [0.1, 0.15) is 0 Å². The molecule has 0 unspecified atom stereocenters. The third kappa shape index (κ3) is 3.47. The third-order valence-corrected chi connectivity index (χ3v) is 4.09. The van der Waals surface area contributed by atoms with Crippen LogP contribution in [0, 0.1) is 0 Å². The average molecular weight is 290 g/mol. The zero-order valence-electron chi connectivity index (χ0n) is 13.4. The van der Waals surface area contributed by atoms with Gasteiger partial charge in [0.05, 0.1) is 11.4 Å². The van der Waals surface area contributed by atoms with Crippen molar-refractivity contribution in [2.75, 3.05) is 43.9 Å². The van der Waals surface area contributed by atoms with Gasteiger partial charge < -0.3 is 16.0 Å². The van der Waals surface area contributed by atoms with Crippen LogP contribution in [-0.4, -0.2) is 49.6 Å². The van der Waals surface area contributed by atoms with E-state index in [0.717, 1.165) is 31.9 Å². The van der Waals surface area contributed by atoms with Crippen molar-refractivity contribution < 1.29 is 4.79 Å². The van der Waals surface area contributed by atoms with E-state index in [4.69, 9.17) is 5.73 Å². The predicted molar refractivity (Wildman–Crippen MR) is 87.8 cm³/mol. The number of nitrogen functional groups attached to an aromatic ring is 1. The van der Waals surface area contributed by atoms with E-state index < -0.39 is 0 Å². The molecule has 21 heavy (non-hydrogen) atoms. The Morgan fingerprint density at radius 3 is 2.29 bits per heavy atom. The van der Waals surface area contributed by atoms with Crippen molar-refractivity contribution in [2.24, 2.45) is 0 Å². The van der Waals surface area contributed by atoms with E-state index in [-0.39, 0.29) is 11.4 Å². The minimum Gasteiger partial charge on any atom is -0.397 e. The van der Waals surface area contributed by atoms with Gasteiger partial charge in [-0.2, -0.15) is 0 Å². The van der Waals surface area contributed by atoms with Crippen LogP contribution in [0.15, 0.2) is 18.2 Å². The van der Waals surface area contributed by atoms with Crippen LogP contribution < -0.4 is 16.0 Å². The molecule has 1 aromatic rings. The van der Waals surface area contributed by atoms with E-state index in [1.54, 1.807) is 13.1 Å². The molecule has 116 valence electrons. The molecule has 0 spiro atoms. The number of nitrogens with one attached hydrogen (secondary N) is 1. The summed E-state index contributed by atoms with van der Waals surface area (Å²) in [6, 6.07) is 5.54. The number of hydrogen-bond donors (Lipinski definition) is 2. The van der Waals surface area contributed by atoms with E-state index in [1.807, 2.05) is 12.1 Å². The van der Waals surface area contributed by atoms with Gasteiger partial charge in [-0.1, -0.05) is 0 Å². The Hall–Kier alpha value is -1.75. The summed E-state index contributed by atoms with van der Waals surface area (Å²) in [5.41, 5.74) is 8.63. The Labute approximate surface area is 127 Å². The summed E-state index contributed by atoms with van der Waals surface area (Å²) in [5.74, 6) is -0.106. The number of rotatable bonds is 2. The molecule has 0 aromatic heterocycles. The van der Waals surface area contributed by atoms with Gasteiger partial charge in [-0.05, 0) is 39.0 Å². The van der Waals surface area contributed by atoms with Crippen LogP contribution in [0.2, 0.25) is 0 Å². The van der Waals surface area contributed by atoms with Crippen LogP contribution in [0.3, 0.4) is 0 Å². The molecule has 0 aliphatic carbocycles. The fourth-order valence-corrected chi connectivity index (χ4v) is 2.75. The second-order valence-electron chi connectivity index (χ2n) is 6.50. The molecular formula is C16H26N4O. The summed E-state index contributed by atoms with van der Waals surface area (Å²) in [7, 11) is 1.62. The fraction of sp³-hybridized carbons (Fsp3) is 0.562. The fourth-order valence-electron chi connectivity index (χ4n) is 2.75. The molecule has 1 aromatic carbocycles. The molecule has 1 aliphatic heterocycles. The highest BCUT2D eigenvalue weighted by Crippen LogP contribution is 2.27. The summed E-state index contributed by atoms with van der Waals surface area (Å²) in [4.78, 5) is 16.4. The van der Waals surface area contributed by atoms with E-state index in [9.17, 15) is 4.79 Å². The summed E-state index contributed by atoms with van der Waals surface area (Å²) in [6.07, 6.45) is 0. The molecule has 1 amide bonds. The number of benzene rings is 1. The highest BCUT2D eigenvalue weighted by atomic mass is 16.1. The summed E-state index contributed by atoms with van der Waals surface area (Å²) < 4.78 is 0. The Kier molecular flexibility index (Phi) is 4.42. The maximum Gasteiger partial charge on any atom is 0.251 e. The maximum atomic E-state index is 11.6. The number of carbonyl (C=O) groups excluding carboxylic acids is 1. The first kappa shape index (κ1) is 15.6. The average Bonchev–Trinajstić information content (AvgIpc) is 2.45. The van der Waals surface area contributed by atoms with Crippen molar-refractivity contribution in [2.45, 2.75) is 26.3 Å². The number of nitrogens with zero attached hydrogens (tertiary/aromatic N) is 2. The Morgan fingerprint density at radius 2 is 1.81 bits per heavy atom. The van der Waals surface area contributed by atoms with Crippen molar-refractivity contribution in [1.82, 2.24) is 10.2 Å². The Morgan fingerprint density at radius 1 is 1.19 bits per heavy atom. The van der Waals surface area contributed by atoms with Gasteiger partial charge in [0.15, 0.2) is 0 Å². The normalized spacial score (nSPS) is 16.9. The van der Waals surface area contributed by atoms with Crippen LogP contribution in [0.5, 0.6) is 0 Å². The largest absolute Gasteiger partial charge is 0.397 e. The first-order valence-electron chi connectivity index (χ1n) is 7.44. The second kappa shape index (κ2) is 5.93. The molecule has 0 radical (unpaired) electrons. The monoisotopic (exact) mass is 290 g/mol. The number of amides is 1. The lowest BCUT2D eigenvalue weighted by Crippen LogP contribution is -2.53. The Balaban J connectivity index is 2.09.